The van der Waals surface area contributed by atoms with Crippen molar-refractivity contribution in [3.8, 4) is 0 Å². The van der Waals surface area contributed by atoms with Crippen molar-refractivity contribution >= 4 is 5.91 Å². The summed E-state index contributed by atoms with van der Waals surface area (Å²) < 4.78 is 4.93. The largest absolute Gasteiger partial charge is 0.385 e. The molecule has 1 fully saturated rings. The molecule has 3 N–H and O–H groups in total. The van der Waals surface area contributed by atoms with Gasteiger partial charge in [-0.2, -0.15) is 0 Å². The number of piperazine rings is 1. The van der Waals surface area contributed by atoms with Crippen LogP contribution >= 0.6 is 0 Å². The summed E-state index contributed by atoms with van der Waals surface area (Å²) in [4.78, 5) is 11.6. The average Bonchev–Trinajstić information content (AvgIpc) is 2.30. The van der Waals surface area contributed by atoms with Crippen LogP contribution in [-0.2, 0) is 9.53 Å². The lowest BCUT2D eigenvalue weighted by Gasteiger charge is -2.23. The maximum Gasteiger partial charge on any atom is 0.238 e. The highest BCUT2D eigenvalue weighted by atomic mass is 16.5. The van der Waals surface area contributed by atoms with Gasteiger partial charge in [-0.05, 0) is 12.8 Å². The quantitative estimate of drug-likeness (QED) is 0.502. The lowest BCUT2D eigenvalue weighted by atomic mass is 10.2. The monoisotopic (exact) mass is 215 g/mol. The van der Waals surface area contributed by atoms with Crippen LogP contribution in [0.2, 0.25) is 0 Å². The number of hydrogen-bond donors (Lipinski definition) is 3. The number of unbranched alkanes of at least 4 members (excludes halogenated alkanes) is 1. The number of nitrogens with one attached hydrogen (secondary N) is 3. The normalized spacial score (nSPS) is 21.3. The van der Waals surface area contributed by atoms with Crippen LogP contribution in [0.25, 0.3) is 0 Å². The lowest BCUT2D eigenvalue weighted by Crippen LogP contribution is -2.55. The summed E-state index contributed by atoms with van der Waals surface area (Å²) in [6, 6.07) is -0.0684. The molecule has 0 aromatic carbocycles. The molecule has 0 radical (unpaired) electrons. The summed E-state index contributed by atoms with van der Waals surface area (Å²) in [6.07, 6.45) is 1.97. The second kappa shape index (κ2) is 7.62. The number of carbonyl (C=O) groups is 1. The number of hydrogen-bond acceptors (Lipinski definition) is 4. The Morgan fingerprint density at radius 2 is 2.33 bits per heavy atom. The highest BCUT2D eigenvalue weighted by Crippen LogP contribution is 1.90. The summed E-state index contributed by atoms with van der Waals surface area (Å²) in [5, 5.41) is 9.27. The fourth-order valence-electron chi connectivity index (χ4n) is 1.54. The summed E-state index contributed by atoms with van der Waals surface area (Å²) in [6.45, 7) is 4.03. The first-order chi connectivity index (χ1) is 7.34. The van der Waals surface area contributed by atoms with Gasteiger partial charge in [0.1, 0.15) is 0 Å². The third kappa shape index (κ3) is 5.11. The Labute approximate surface area is 90.9 Å². The van der Waals surface area contributed by atoms with E-state index in [2.05, 4.69) is 16.0 Å². The predicted octanol–water partition coefficient (Wildman–Crippen LogP) is -0.909. The SMILES string of the molecule is COCCCCNC(=O)C1CNCCN1. The van der Waals surface area contributed by atoms with Crippen LogP contribution in [0.3, 0.4) is 0 Å². The van der Waals surface area contributed by atoms with Crippen molar-refractivity contribution in [2.45, 2.75) is 18.9 Å². The fraction of sp³-hybridized carbons (Fsp3) is 0.900. The number of rotatable bonds is 6. The van der Waals surface area contributed by atoms with Gasteiger partial charge in [-0.15, -0.1) is 0 Å². The molecule has 1 saturated heterocycles. The smallest absolute Gasteiger partial charge is 0.238 e. The Bertz CT molecular complexity index is 182. The van der Waals surface area contributed by atoms with Gasteiger partial charge in [-0.3, -0.25) is 4.79 Å². The van der Waals surface area contributed by atoms with E-state index in [4.69, 9.17) is 4.74 Å². The Morgan fingerprint density at radius 3 is 3.00 bits per heavy atom. The molecule has 0 aromatic heterocycles. The highest BCUT2D eigenvalue weighted by Gasteiger charge is 2.19. The molecule has 1 aliphatic rings. The summed E-state index contributed by atoms with van der Waals surface area (Å²) in [7, 11) is 1.69. The summed E-state index contributed by atoms with van der Waals surface area (Å²) >= 11 is 0. The Kier molecular flexibility index (Phi) is 6.31. The maximum atomic E-state index is 11.6. The molecule has 1 aliphatic heterocycles. The van der Waals surface area contributed by atoms with Crippen LogP contribution in [0.15, 0.2) is 0 Å². The minimum absolute atomic E-state index is 0.0684. The molecule has 0 aliphatic carbocycles. The van der Waals surface area contributed by atoms with E-state index in [0.29, 0.717) is 0 Å². The number of methoxy groups -OCH3 is 1. The first-order valence-electron chi connectivity index (χ1n) is 5.55. The van der Waals surface area contributed by atoms with Crippen LogP contribution in [0.5, 0.6) is 0 Å². The molecule has 5 nitrogen and oxygen atoms in total. The summed E-state index contributed by atoms with van der Waals surface area (Å²) in [5.41, 5.74) is 0. The van der Waals surface area contributed by atoms with Gasteiger partial charge >= 0.3 is 0 Å². The van der Waals surface area contributed by atoms with Crippen molar-refractivity contribution in [1.29, 1.82) is 0 Å². The fourth-order valence-corrected chi connectivity index (χ4v) is 1.54. The standard InChI is InChI=1S/C10H21N3O2/c1-15-7-3-2-4-13-10(14)9-8-11-5-6-12-9/h9,11-12H,2-8H2,1H3,(H,13,14). The number of carbonyl (C=O) groups excluding carboxylic acids is 1. The van der Waals surface area contributed by atoms with Gasteiger partial charge in [-0.25, -0.2) is 0 Å². The van der Waals surface area contributed by atoms with Crippen molar-refractivity contribution in [2.24, 2.45) is 0 Å². The van der Waals surface area contributed by atoms with E-state index in [1.165, 1.54) is 0 Å². The van der Waals surface area contributed by atoms with Crippen molar-refractivity contribution in [3.05, 3.63) is 0 Å². The van der Waals surface area contributed by atoms with Crippen LogP contribution in [0.1, 0.15) is 12.8 Å². The first-order valence-corrected chi connectivity index (χ1v) is 5.55. The van der Waals surface area contributed by atoms with Crippen molar-refractivity contribution in [2.75, 3.05) is 39.9 Å². The molecule has 15 heavy (non-hydrogen) atoms. The highest BCUT2D eigenvalue weighted by molar-refractivity contribution is 5.82. The van der Waals surface area contributed by atoms with Crippen LogP contribution < -0.4 is 16.0 Å². The maximum absolute atomic E-state index is 11.6. The second-order valence-electron chi connectivity index (χ2n) is 3.70. The van der Waals surface area contributed by atoms with E-state index in [1.54, 1.807) is 7.11 Å². The van der Waals surface area contributed by atoms with Crippen LogP contribution in [0.4, 0.5) is 0 Å². The van der Waals surface area contributed by atoms with E-state index in [0.717, 1.165) is 45.6 Å². The molecule has 88 valence electrons. The van der Waals surface area contributed by atoms with E-state index >= 15 is 0 Å². The molecule has 5 heteroatoms. The van der Waals surface area contributed by atoms with Gasteiger partial charge in [0.2, 0.25) is 5.91 Å². The molecule has 0 bridgehead atoms. The third-order valence-electron chi connectivity index (χ3n) is 2.43. The lowest BCUT2D eigenvalue weighted by molar-refractivity contribution is -0.123. The van der Waals surface area contributed by atoms with E-state index in [9.17, 15) is 4.79 Å². The zero-order valence-corrected chi connectivity index (χ0v) is 9.34. The van der Waals surface area contributed by atoms with Crippen LogP contribution in [-0.4, -0.2) is 51.8 Å². The summed E-state index contributed by atoms with van der Waals surface area (Å²) in [5.74, 6) is 0.0969. The first kappa shape index (κ1) is 12.4. The molecule has 0 spiro atoms. The average molecular weight is 215 g/mol. The molecule has 1 amide bonds. The minimum Gasteiger partial charge on any atom is -0.385 e. The molecule has 1 rings (SSSR count). The molecule has 0 saturated carbocycles. The second-order valence-corrected chi connectivity index (χ2v) is 3.70. The van der Waals surface area contributed by atoms with Gasteiger partial charge < -0.3 is 20.7 Å². The van der Waals surface area contributed by atoms with Gasteiger partial charge in [0, 0.05) is 39.9 Å². The van der Waals surface area contributed by atoms with Gasteiger partial charge in [0.15, 0.2) is 0 Å². The molecular formula is C10H21N3O2. The third-order valence-corrected chi connectivity index (χ3v) is 2.43. The number of ether oxygens (including phenoxy) is 1. The van der Waals surface area contributed by atoms with E-state index < -0.39 is 0 Å². The zero-order valence-electron chi connectivity index (χ0n) is 9.34. The van der Waals surface area contributed by atoms with Crippen LogP contribution in [0, 0.1) is 0 Å². The van der Waals surface area contributed by atoms with E-state index in [1.807, 2.05) is 0 Å². The van der Waals surface area contributed by atoms with Gasteiger partial charge in [-0.1, -0.05) is 0 Å². The van der Waals surface area contributed by atoms with Crippen molar-refractivity contribution < 1.29 is 9.53 Å². The molecular weight excluding hydrogens is 194 g/mol. The minimum atomic E-state index is -0.0684. The van der Waals surface area contributed by atoms with Crippen molar-refractivity contribution in [3.63, 3.8) is 0 Å². The van der Waals surface area contributed by atoms with Gasteiger partial charge in [0.05, 0.1) is 6.04 Å². The molecule has 1 heterocycles. The van der Waals surface area contributed by atoms with E-state index in [-0.39, 0.29) is 11.9 Å². The Hall–Kier alpha value is -0.650. The zero-order chi connectivity index (χ0) is 10.9. The molecule has 1 unspecified atom stereocenters. The van der Waals surface area contributed by atoms with Crippen molar-refractivity contribution in [1.82, 2.24) is 16.0 Å². The number of amides is 1. The Balaban J connectivity index is 2.02. The predicted molar refractivity (Wildman–Crippen MR) is 58.8 cm³/mol. The Morgan fingerprint density at radius 1 is 1.47 bits per heavy atom. The molecule has 1 atom stereocenters. The van der Waals surface area contributed by atoms with Gasteiger partial charge in [0.25, 0.3) is 0 Å². The topological polar surface area (TPSA) is 62.4 Å². The molecule has 0 aromatic rings.